The van der Waals surface area contributed by atoms with Crippen LogP contribution in [0.25, 0.3) is 0 Å². The number of anilines is 1. The van der Waals surface area contributed by atoms with Crippen LogP contribution in [0.15, 0.2) is 66.0 Å². The first-order chi connectivity index (χ1) is 15.8. The minimum absolute atomic E-state index is 0.130. The highest BCUT2D eigenvalue weighted by Gasteiger charge is 2.34. The number of carbonyl (C=O) groups excluding carboxylic acids is 2. The molecule has 2 amide bonds. The van der Waals surface area contributed by atoms with Gasteiger partial charge >= 0.3 is 0 Å². The molecule has 0 bridgehead atoms. The summed E-state index contributed by atoms with van der Waals surface area (Å²) < 4.78 is 0. The van der Waals surface area contributed by atoms with E-state index in [0.29, 0.717) is 6.54 Å². The van der Waals surface area contributed by atoms with Gasteiger partial charge in [0.2, 0.25) is 5.91 Å². The lowest BCUT2D eigenvalue weighted by atomic mass is 9.90. The molecule has 9 heteroatoms. The molecule has 4 atom stereocenters. The van der Waals surface area contributed by atoms with Crippen LogP contribution < -0.4 is 16.4 Å². The van der Waals surface area contributed by atoms with Gasteiger partial charge in [0, 0.05) is 11.9 Å². The zero-order chi connectivity index (χ0) is 23.8. The van der Waals surface area contributed by atoms with Crippen LogP contribution in [-0.4, -0.2) is 45.3 Å². The second-order valence-electron chi connectivity index (χ2n) is 7.81. The number of aromatic nitrogens is 1. The fourth-order valence-electron chi connectivity index (χ4n) is 3.39. The highest BCUT2D eigenvalue weighted by molar-refractivity contribution is 7.13. The van der Waals surface area contributed by atoms with Gasteiger partial charge in [0.1, 0.15) is 11.8 Å². The molecule has 0 spiro atoms. The van der Waals surface area contributed by atoms with Crippen molar-refractivity contribution in [3.05, 3.63) is 82.9 Å². The van der Waals surface area contributed by atoms with Gasteiger partial charge in [-0.05, 0) is 17.5 Å². The standard InChI is InChI=1S/C24H28N4O4S/c1-15(22(31)26-13-17-10-6-3-7-11-17)20(29)21(30)18(12-16-8-4-2-5-9-16)27-23(32)19-14-33-24(25)28-19/h2-11,14-15,18,20-21,29-30H,12-13H2,1H3,(H2,25,28)(H,26,31)(H,27,32)/t15-,18+,20-,21-/m1/s1. The van der Waals surface area contributed by atoms with Crippen molar-refractivity contribution in [2.24, 2.45) is 5.92 Å². The van der Waals surface area contributed by atoms with Crippen molar-refractivity contribution in [1.29, 1.82) is 0 Å². The quantitative estimate of drug-likeness (QED) is 0.307. The molecule has 1 heterocycles. The summed E-state index contributed by atoms with van der Waals surface area (Å²) in [5, 5.41) is 29.0. The van der Waals surface area contributed by atoms with Crippen LogP contribution in [0.3, 0.4) is 0 Å². The Labute approximate surface area is 196 Å². The third-order valence-corrected chi connectivity index (χ3v) is 6.04. The number of nitrogens with zero attached hydrogens (tertiary/aromatic N) is 1. The maximum atomic E-state index is 12.7. The van der Waals surface area contributed by atoms with E-state index in [0.717, 1.165) is 22.5 Å². The molecule has 33 heavy (non-hydrogen) atoms. The molecular weight excluding hydrogens is 440 g/mol. The first-order valence-corrected chi connectivity index (χ1v) is 11.5. The van der Waals surface area contributed by atoms with Gasteiger partial charge in [-0.25, -0.2) is 4.98 Å². The van der Waals surface area contributed by atoms with Crippen molar-refractivity contribution in [1.82, 2.24) is 15.6 Å². The third-order valence-electron chi connectivity index (χ3n) is 5.37. The van der Waals surface area contributed by atoms with E-state index >= 15 is 0 Å². The number of nitrogens with one attached hydrogen (secondary N) is 2. The number of carbonyl (C=O) groups is 2. The number of nitrogens with two attached hydrogens (primary N) is 1. The van der Waals surface area contributed by atoms with Crippen LogP contribution in [0.1, 0.15) is 28.5 Å². The molecule has 3 rings (SSSR count). The molecule has 8 nitrogen and oxygen atoms in total. The van der Waals surface area contributed by atoms with Gasteiger partial charge in [-0.15, -0.1) is 11.3 Å². The van der Waals surface area contributed by atoms with Gasteiger partial charge in [0.05, 0.1) is 18.1 Å². The summed E-state index contributed by atoms with van der Waals surface area (Å²) in [4.78, 5) is 29.2. The number of aliphatic hydroxyl groups is 2. The number of thiazole rings is 1. The van der Waals surface area contributed by atoms with Crippen molar-refractivity contribution in [3.63, 3.8) is 0 Å². The maximum absolute atomic E-state index is 12.7. The van der Waals surface area contributed by atoms with Crippen molar-refractivity contribution in [3.8, 4) is 0 Å². The van der Waals surface area contributed by atoms with Crippen LogP contribution in [0.2, 0.25) is 0 Å². The molecule has 0 fully saturated rings. The average molecular weight is 469 g/mol. The Balaban J connectivity index is 1.69. The fraction of sp³-hybridized carbons (Fsp3) is 0.292. The number of nitrogen functional groups attached to an aromatic ring is 1. The van der Waals surface area contributed by atoms with E-state index in [2.05, 4.69) is 15.6 Å². The summed E-state index contributed by atoms with van der Waals surface area (Å²) in [6.45, 7) is 1.85. The number of hydrogen-bond donors (Lipinski definition) is 5. The summed E-state index contributed by atoms with van der Waals surface area (Å²) in [7, 11) is 0. The van der Waals surface area contributed by atoms with E-state index in [1.807, 2.05) is 60.7 Å². The predicted octanol–water partition coefficient (Wildman–Crippen LogP) is 1.74. The van der Waals surface area contributed by atoms with E-state index < -0.39 is 36.0 Å². The minimum atomic E-state index is -1.41. The number of benzene rings is 2. The molecule has 0 aliphatic carbocycles. The second-order valence-corrected chi connectivity index (χ2v) is 8.70. The molecule has 174 valence electrons. The molecule has 0 saturated heterocycles. The van der Waals surface area contributed by atoms with Gasteiger partial charge in [-0.3, -0.25) is 9.59 Å². The third kappa shape index (κ3) is 6.85. The molecule has 0 unspecified atom stereocenters. The SMILES string of the molecule is C[C@@H](C(=O)NCc1ccccc1)[C@@H](O)[C@H](O)[C@H](Cc1ccccc1)NC(=O)c1csc(N)n1. The minimum Gasteiger partial charge on any atom is -0.390 e. The Morgan fingerprint density at radius 3 is 2.18 bits per heavy atom. The summed E-state index contributed by atoms with van der Waals surface area (Å²) in [6, 6.07) is 17.8. The Morgan fingerprint density at radius 1 is 1.00 bits per heavy atom. The Kier molecular flexibility index (Phi) is 8.53. The van der Waals surface area contributed by atoms with Gasteiger partial charge in [0.15, 0.2) is 5.13 Å². The van der Waals surface area contributed by atoms with E-state index in [4.69, 9.17) is 5.73 Å². The summed E-state index contributed by atoms with van der Waals surface area (Å²) in [5.41, 5.74) is 7.52. The Bertz CT molecular complexity index is 1040. The van der Waals surface area contributed by atoms with Crippen LogP contribution in [-0.2, 0) is 17.8 Å². The molecule has 0 radical (unpaired) electrons. The van der Waals surface area contributed by atoms with Crippen molar-refractivity contribution in [2.75, 3.05) is 5.73 Å². The van der Waals surface area contributed by atoms with E-state index in [9.17, 15) is 19.8 Å². The average Bonchev–Trinajstić information content (AvgIpc) is 3.28. The molecule has 0 aliphatic heterocycles. The molecule has 0 aliphatic rings. The molecule has 6 N–H and O–H groups in total. The summed E-state index contributed by atoms with van der Waals surface area (Å²) in [6.07, 6.45) is -2.55. The van der Waals surface area contributed by atoms with Crippen molar-refractivity contribution < 1.29 is 19.8 Å². The van der Waals surface area contributed by atoms with Gasteiger partial charge in [-0.2, -0.15) is 0 Å². The van der Waals surface area contributed by atoms with Crippen molar-refractivity contribution in [2.45, 2.75) is 38.1 Å². The van der Waals surface area contributed by atoms with Crippen LogP contribution in [0, 0.1) is 5.92 Å². The highest BCUT2D eigenvalue weighted by Crippen LogP contribution is 2.17. The lowest BCUT2D eigenvalue weighted by Gasteiger charge is -2.30. The van der Waals surface area contributed by atoms with E-state index in [1.54, 1.807) is 0 Å². The Hall–Kier alpha value is -3.27. The van der Waals surface area contributed by atoms with Gasteiger partial charge < -0.3 is 26.6 Å². The summed E-state index contributed by atoms with van der Waals surface area (Å²) in [5.74, 6) is -1.83. The lowest BCUT2D eigenvalue weighted by Crippen LogP contribution is -2.53. The highest BCUT2D eigenvalue weighted by atomic mass is 32.1. The fourth-order valence-corrected chi connectivity index (χ4v) is 3.94. The number of aliphatic hydroxyl groups excluding tert-OH is 2. The molecule has 1 aromatic heterocycles. The zero-order valence-corrected chi connectivity index (χ0v) is 19.0. The first kappa shape index (κ1) is 24.4. The van der Waals surface area contributed by atoms with Crippen LogP contribution >= 0.6 is 11.3 Å². The molecular formula is C24H28N4O4S. The topological polar surface area (TPSA) is 138 Å². The predicted molar refractivity (Wildman–Crippen MR) is 127 cm³/mol. The number of rotatable bonds is 10. The van der Waals surface area contributed by atoms with Gasteiger partial charge in [-0.1, -0.05) is 67.6 Å². The maximum Gasteiger partial charge on any atom is 0.271 e. The van der Waals surface area contributed by atoms with Gasteiger partial charge in [0.25, 0.3) is 5.91 Å². The largest absolute Gasteiger partial charge is 0.390 e. The van der Waals surface area contributed by atoms with Crippen molar-refractivity contribution >= 4 is 28.3 Å². The summed E-state index contributed by atoms with van der Waals surface area (Å²) >= 11 is 1.13. The second kappa shape index (κ2) is 11.6. The number of hydrogen-bond acceptors (Lipinski definition) is 7. The molecule has 3 aromatic rings. The van der Waals surface area contributed by atoms with Crippen LogP contribution in [0.5, 0.6) is 0 Å². The Morgan fingerprint density at radius 2 is 1.61 bits per heavy atom. The van der Waals surface area contributed by atoms with E-state index in [-0.39, 0.29) is 17.2 Å². The first-order valence-electron chi connectivity index (χ1n) is 10.6. The van der Waals surface area contributed by atoms with Crippen LogP contribution in [0.4, 0.5) is 5.13 Å². The smallest absolute Gasteiger partial charge is 0.271 e. The number of amides is 2. The van der Waals surface area contributed by atoms with E-state index in [1.165, 1.54) is 12.3 Å². The molecule has 2 aromatic carbocycles. The lowest BCUT2D eigenvalue weighted by molar-refractivity contribution is -0.131. The zero-order valence-electron chi connectivity index (χ0n) is 18.2. The normalized spacial score (nSPS) is 14.6. The molecule has 0 saturated carbocycles. The monoisotopic (exact) mass is 468 g/mol.